The van der Waals surface area contributed by atoms with Gasteiger partial charge in [-0.3, -0.25) is 0 Å². The normalized spacial score (nSPS) is 4.50. The standard InChI is InChI=1S/C3H8O.Ca.2ClH.H2O/c1-3(2)4;;;;/h3-4H,1-2H3;;2*1H;1H2/q;+2;;;/p-2. The molecule has 0 spiro atoms. The summed E-state index contributed by atoms with van der Waals surface area (Å²) in [4.78, 5) is 0. The summed E-state index contributed by atoms with van der Waals surface area (Å²) < 4.78 is 0. The molecule has 0 saturated carbocycles. The van der Waals surface area contributed by atoms with E-state index in [0.717, 1.165) is 0 Å². The van der Waals surface area contributed by atoms with Crippen molar-refractivity contribution in [3.05, 3.63) is 0 Å². The Kier molecular flexibility index (Phi) is 96.2. The molecule has 5 heteroatoms. The van der Waals surface area contributed by atoms with Crippen molar-refractivity contribution in [2.45, 2.75) is 20.0 Å². The van der Waals surface area contributed by atoms with E-state index < -0.39 is 0 Å². The molecule has 0 bridgehead atoms. The average Bonchev–Trinajstić information content (AvgIpc) is 0.811. The molecule has 0 aromatic heterocycles. The van der Waals surface area contributed by atoms with Crippen LogP contribution in [0.25, 0.3) is 0 Å². The molecule has 0 atom stereocenters. The molecule has 0 fully saturated rings. The third-order valence-corrected chi connectivity index (χ3v) is 0. The Morgan fingerprint density at radius 1 is 1.12 bits per heavy atom. The van der Waals surface area contributed by atoms with E-state index in [0.29, 0.717) is 0 Å². The summed E-state index contributed by atoms with van der Waals surface area (Å²) in [7, 11) is 0. The molecule has 0 heterocycles. The van der Waals surface area contributed by atoms with E-state index in [1.165, 1.54) is 0 Å². The molecule has 50 valence electrons. The summed E-state index contributed by atoms with van der Waals surface area (Å²) in [6.45, 7) is 3.44. The van der Waals surface area contributed by atoms with Crippen LogP contribution in [0.3, 0.4) is 0 Å². The molecular formula is C3H10CaCl2O2. The quantitative estimate of drug-likeness (QED) is 0.378. The van der Waals surface area contributed by atoms with Gasteiger partial charge in [0.05, 0.1) is 0 Å². The molecule has 0 aromatic rings. The van der Waals surface area contributed by atoms with Crippen molar-refractivity contribution < 1.29 is 35.4 Å². The minimum Gasteiger partial charge on any atom is -1.00 e. The SMILES string of the molecule is CC(C)O.O.[Ca+2].[Cl-].[Cl-]. The molecule has 0 aromatic carbocycles. The van der Waals surface area contributed by atoms with Crippen LogP contribution < -0.4 is 24.8 Å². The predicted octanol–water partition coefficient (Wildman–Crippen LogP) is -6.81. The zero-order valence-electron chi connectivity index (χ0n) is 4.99. The second kappa shape index (κ2) is 23.3. The van der Waals surface area contributed by atoms with Gasteiger partial charge in [-0.15, -0.1) is 0 Å². The van der Waals surface area contributed by atoms with Gasteiger partial charge >= 0.3 is 37.7 Å². The molecule has 0 unspecified atom stereocenters. The number of aliphatic hydroxyl groups excluding tert-OH is 1. The molecule has 2 nitrogen and oxygen atoms in total. The monoisotopic (exact) mass is 188 g/mol. The fourth-order valence-corrected chi connectivity index (χ4v) is 0. The summed E-state index contributed by atoms with van der Waals surface area (Å²) in [5, 5.41) is 8.06. The van der Waals surface area contributed by atoms with Crippen molar-refractivity contribution >= 4 is 37.7 Å². The summed E-state index contributed by atoms with van der Waals surface area (Å²) in [5.74, 6) is 0. The smallest absolute Gasteiger partial charge is 1.00 e. The minimum absolute atomic E-state index is 0. The summed E-state index contributed by atoms with van der Waals surface area (Å²) in [6.07, 6.45) is -0.167. The van der Waals surface area contributed by atoms with Gasteiger partial charge in [-0.05, 0) is 13.8 Å². The number of hydrogen-bond acceptors (Lipinski definition) is 1. The first-order valence-corrected chi connectivity index (χ1v) is 1.41. The maximum Gasteiger partial charge on any atom is 2.00 e. The van der Waals surface area contributed by atoms with E-state index in [9.17, 15) is 0 Å². The van der Waals surface area contributed by atoms with Crippen LogP contribution in [0.5, 0.6) is 0 Å². The van der Waals surface area contributed by atoms with Crippen molar-refractivity contribution in [1.82, 2.24) is 0 Å². The van der Waals surface area contributed by atoms with Crippen LogP contribution in [0.15, 0.2) is 0 Å². The first kappa shape index (κ1) is 33.1. The molecular weight excluding hydrogens is 179 g/mol. The summed E-state index contributed by atoms with van der Waals surface area (Å²) in [6, 6.07) is 0. The van der Waals surface area contributed by atoms with E-state index in [1.807, 2.05) is 0 Å². The Hall–Kier alpha value is 1.76. The molecule has 8 heavy (non-hydrogen) atoms. The van der Waals surface area contributed by atoms with E-state index in [-0.39, 0.29) is 74.1 Å². The second-order valence-electron chi connectivity index (χ2n) is 1.09. The maximum atomic E-state index is 8.06. The summed E-state index contributed by atoms with van der Waals surface area (Å²) >= 11 is 0. The largest absolute Gasteiger partial charge is 2.00 e. The van der Waals surface area contributed by atoms with Crippen LogP contribution >= 0.6 is 0 Å². The third-order valence-electron chi connectivity index (χ3n) is 0. The molecule has 0 aliphatic rings. The average molecular weight is 189 g/mol. The van der Waals surface area contributed by atoms with Crippen molar-refractivity contribution in [2.75, 3.05) is 0 Å². The van der Waals surface area contributed by atoms with Gasteiger partial charge in [0.2, 0.25) is 0 Å². The van der Waals surface area contributed by atoms with Crippen molar-refractivity contribution in [3.63, 3.8) is 0 Å². The summed E-state index contributed by atoms with van der Waals surface area (Å²) in [5.41, 5.74) is 0. The fourth-order valence-electron chi connectivity index (χ4n) is 0. The molecule has 0 rings (SSSR count). The van der Waals surface area contributed by atoms with Gasteiger partial charge in [0, 0.05) is 6.10 Å². The van der Waals surface area contributed by atoms with Gasteiger partial charge in [0.15, 0.2) is 0 Å². The van der Waals surface area contributed by atoms with Gasteiger partial charge in [-0.2, -0.15) is 0 Å². The Morgan fingerprint density at radius 3 is 1.12 bits per heavy atom. The molecule has 0 saturated heterocycles. The van der Waals surface area contributed by atoms with Crippen LogP contribution in [0, 0.1) is 0 Å². The van der Waals surface area contributed by atoms with Gasteiger partial charge in [0.1, 0.15) is 0 Å². The van der Waals surface area contributed by atoms with E-state index >= 15 is 0 Å². The number of rotatable bonds is 0. The van der Waals surface area contributed by atoms with Crippen LogP contribution in [-0.4, -0.2) is 54.4 Å². The van der Waals surface area contributed by atoms with E-state index in [1.54, 1.807) is 13.8 Å². The van der Waals surface area contributed by atoms with Crippen LogP contribution in [-0.2, 0) is 0 Å². The second-order valence-corrected chi connectivity index (χ2v) is 1.09. The first-order valence-electron chi connectivity index (χ1n) is 1.41. The van der Waals surface area contributed by atoms with Crippen LogP contribution in [0.2, 0.25) is 0 Å². The van der Waals surface area contributed by atoms with Crippen LogP contribution in [0.1, 0.15) is 13.8 Å². The zero-order chi connectivity index (χ0) is 3.58. The number of aliphatic hydroxyl groups is 1. The van der Waals surface area contributed by atoms with Crippen molar-refractivity contribution in [2.24, 2.45) is 0 Å². The third kappa shape index (κ3) is 115. The number of hydrogen-bond donors (Lipinski definition) is 1. The maximum absolute atomic E-state index is 8.06. The van der Waals surface area contributed by atoms with Gasteiger partial charge < -0.3 is 35.4 Å². The Labute approximate surface area is 92.2 Å². The molecule has 3 N–H and O–H groups in total. The van der Waals surface area contributed by atoms with Crippen molar-refractivity contribution in [3.8, 4) is 0 Å². The topological polar surface area (TPSA) is 51.7 Å². The molecule has 0 radical (unpaired) electrons. The zero-order valence-corrected chi connectivity index (χ0v) is 8.71. The molecule has 0 aliphatic heterocycles. The van der Waals surface area contributed by atoms with Gasteiger partial charge in [0.25, 0.3) is 0 Å². The van der Waals surface area contributed by atoms with E-state index in [4.69, 9.17) is 5.11 Å². The van der Waals surface area contributed by atoms with E-state index in [2.05, 4.69) is 0 Å². The van der Waals surface area contributed by atoms with Gasteiger partial charge in [-0.25, -0.2) is 0 Å². The first-order chi connectivity index (χ1) is 1.73. The van der Waals surface area contributed by atoms with Crippen LogP contribution in [0.4, 0.5) is 0 Å². The minimum atomic E-state index is -0.167. The Balaban J connectivity index is -0.00000000750. The molecule has 0 amide bonds. The Morgan fingerprint density at radius 2 is 1.12 bits per heavy atom. The predicted molar refractivity (Wildman–Crippen MR) is 26.7 cm³/mol. The fraction of sp³-hybridized carbons (Fsp3) is 1.00. The number of halogens is 2. The van der Waals surface area contributed by atoms with Crippen molar-refractivity contribution in [1.29, 1.82) is 0 Å². The molecule has 0 aliphatic carbocycles. The Bertz CT molecular complexity index is 20.0. The van der Waals surface area contributed by atoms with Gasteiger partial charge in [-0.1, -0.05) is 0 Å².